The first-order chi connectivity index (χ1) is 48.5. The number of anilines is 2. The number of halogens is 4. The summed E-state index contributed by atoms with van der Waals surface area (Å²) in [5.41, 5.74) is 18.9. The lowest BCUT2D eigenvalue weighted by Gasteiger charge is -2.35. The number of nitrogens with zero attached hydrogens (tertiary/aromatic N) is 6. The third kappa shape index (κ3) is 18.5. The zero-order chi connectivity index (χ0) is 71.5. The first kappa shape index (κ1) is 74.3. The number of benzene rings is 4. The van der Waals surface area contributed by atoms with Gasteiger partial charge in [0.2, 0.25) is 0 Å². The van der Waals surface area contributed by atoms with Gasteiger partial charge < -0.3 is 47.9 Å². The molecule has 4 aromatic rings. The van der Waals surface area contributed by atoms with Crippen molar-refractivity contribution in [2.45, 2.75) is 221 Å². The number of likely N-dealkylation sites (N-methyl/N-ethyl adjacent to an activating group) is 2. The average molecular weight is 1420 g/mol. The number of methoxy groups -OCH3 is 1. The van der Waals surface area contributed by atoms with E-state index in [1.807, 2.05) is 66.7 Å². The molecule has 1 saturated heterocycles. The van der Waals surface area contributed by atoms with E-state index in [2.05, 4.69) is 27.3 Å². The van der Waals surface area contributed by atoms with Crippen LogP contribution in [-0.2, 0) is 30.8 Å². The van der Waals surface area contributed by atoms with E-state index in [0.29, 0.717) is 66.9 Å². The van der Waals surface area contributed by atoms with Crippen LogP contribution in [0.4, 0.5) is 34.1 Å². The van der Waals surface area contributed by atoms with Crippen molar-refractivity contribution in [3.63, 3.8) is 0 Å². The topological polar surface area (TPSA) is 277 Å². The van der Waals surface area contributed by atoms with Crippen LogP contribution in [0.2, 0.25) is 5.02 Å². The van der Waals surface area contributed by atoms with E-state index in [1.165, 1.54) is 86.1 Å². The van der Waals surface area contributed by atoms with Crippen LogP contribution < -0.4 is 43.2 Å². The van der Waals surface area contributed by atoms with Crippen LogP contribution >= 0.6 is 11.6 Å². The van der Waals surface area contributed by atoms with E-state index in [4.69, 9.17) is 53.3 Å². The van der Waals surface area contributed by atoms with Crippen molar-refractivity contribution in [1.82, 2.24) is 25.3 Å². The SMILES string of the molecule is CN1C(=O)[C@@](CCC2CCCCC2)(C[C@H]2CCC[C@@H](NC(=O)Nc3cccc(C(F)(F)F)c3)C2)N=C1N.COc1ccc(NC(=O)N[C@@H]2CCC[C@H](C[C@@]3(CCC4CCCCC4)N=C(N)N(C)C3=O)C2)cc1.NC1=NC(c2cccc(-c3cccc(Cl)c3)c2)(C2CC2)C(=O)N1CC1CCCO1. The predicted octanol–water partition coefficient (Wildman–Crippen LogP) is 14.3. The molecule has 5 aliphatic carbocycles. The Morgan fingerprint density at radius 2 is 1.11 bits per heavy atom. The number of ether oxygens (including phenoxy) is 2. The Bertz CT molecular complexity index is 3650. The monoisotopic (exact) mass is 1410 g/mol. The number of alkyl halides is 3. The minimum atomic E-state index is -4.48. The minimum absolute atomic E-state index is 0.0174. The highest BCUT2D eigenvalue weighted by atomic mass is 35.5. The van der Waals surface area contributed by atoms with Gasteiger partial charge in [0.05, 0.1) is 25.3 Å². The van der Waals surface area contributed by atoms with Crippen LogP contribution in [0.3, 0.4) is 0 Å². The summed E-state index contributed by atoms with van der Waals surface area (Å²) in [6.45, 7) is 1.23. The largest absolute Gasteiger partial charge is 0.497 e. The highest BCUT2D eigenvalue weighted by molar-refractivity contribution is 6.30. The molecule has 13 rings (SSSR count). The van der Waals surface area contributed by atoms with Gasteiger partial charge in [-0.1, -0.05) is 138 Å². The number of hydrogen-bond donors (Lipinski definition) is 7. The van der Waals surface area contributed by atoms with Crippen molar-refractivity contribution in [3.05, 3.63) is 113 Å². The van der Waals surface area contributed by atoms with Crippen LogP contribution in [-0.4, -0.2) is 126 Å². The van der Waals surface area contributed by atoms with Crippen LogP contribution in [0.1, 0.15) is 191 Å². The van der Waals surface area contributed by atoms with Gasteiger partial charge in [-0.05, 0) is 197 Å². The normalized spacial score (nSPS) is 27.2. The molecule has 101 heavy (non-hydrogen) atoms. The number of hydrogen-bond acceptors (Lipinski definition) is 13. The number of guanidine groups is 3. The Morgan fingerprint density at radius 1 is 0.584 bits per heavy atom. The van der Waals surface area contributed by atoms with Crippen LogP contribution in [0.5, 0.6) is 5.75 Å². The summed E-state index contributed by atoms with van der Waals surface area (Å²) in [7, 11) is 5.02. The Labute approximate surface area is 597 Å². The van der Waals surface area contributed by atoms with Crippen LogP contribution in [0, 0.1) is 29.6 Å². The lowest BCUT2D eigenvalue weighted by Crippen LogP contribution is -2.47. The van der Waals surface area contributed by atoms with Crippen molar-refractivity contribution in [2.75, 3.05) is 45.0 Å². The molecule has 10 N–H and O–H groups in total. The highest BCUT2D eigenvalue weighted by Gasteiger charge is 2.58. The maximum absolute atomic E-state index is 13.7. The third-order valence-corrected chi connectivity index (χ3v) is 22.8. The molecule has 20 nitrogen and oxygen atoms in total. The Balaban J connectivity index is 0.000000153. The van der Waals surface area contributed by atoms with Crippen LogP contribution in [0.15, 0.2) is 112 Å². The highest BCUT2D eigenvalue weighted by Crippen LogP contribution is 2.53. The molecule has 9 aliphatic rings. The maximum Gasteiger partial charge on any atom is 0.416 e. The van der Waals surface area contributed by atoms with Gasteiger partial charge >= 0.3 is 18.2 Å². The molecule has 546 valence electrons. The summed E-state index contributed by atoms with van der Waals surface area (Å²) in [4.78, 5) is 84.4. The van der Waals surface area contributed by atoms with E-state index in [-0.39, 0.29) is 65.4 Å². The molecule has 5 saturated carbocycles. The number of nitrogens with two attached hydrogens (primary N) is 3. The van der Waals surface area contributed by atoms with Crippen molar-refractivity contribution in [1.29, 1.82) is 0 Å². The third-order valence-electron chi connectivity index (χ3n) is 22.6. The van der Waals surface area contributed by atoms with Crippen molar-refractivity contribution >= 4 is 70.6 Å². The second-order valence-electron chi connectivity index (χ2n) is 29.8. The molecule has 0 bridgehead atoms. The van der Waals surface area contributed by atoms with Gasteiger partial charge in [0, 0.05) is 49.2 Å². The summed E-state index contributed by atoms with van der Waals surface area (Å²) in [6, 6.07) is 26.9. The van der Waals surface area contributed by atoms with Gasteiger partial charge in [0.1, 0.15) is 16.8 Å². The number of rotatable bonds is 20. The lowest BCUT2D eigenvalue weighted by molar-refractivity contribution is -0.137. The summed E-state index contributed by atoms with van der Waals surface area (Å²) in [5.74, 6) is 3.66. The molecule has 0 spiro atoms. The number of carbonyl (C=O) groups is 5. The smallest absolute Gasteiger partial charge is 0.416 e. The molecule has 6 fully saturated rings. The van der Waals surface area contributed by atoms with Gasteiger partial charge in [-0.15, -0.1) is 0 Å². The van der Waals surface area contributed by atoms with Gasteiger partial charge in [-0.2, -0.15) is 13.2 Å². The second kappa shape index (κ2) is 33.0. The zero-order valence-electron chi connectivity index (χ0n) is 58.9. The van der Waals surface area contributed by atoms with Crippen molar-refractivity contribution in [3.8, 4) is 16.9 Å². The molecular weight excluding hydrogens is 1310 g/mol. The summed E-state index contributed by atoms with van der Waals surface area (Å²) < 4.78 is 49.9. The van der Waals surface area contributed by atoms with Crippen molar-refractivity contribution < 1.29 is 46.6 Å². The van der Waals surface area contributed by atoms with Gasteiger partial charge in [0.25, 0.3) is 17.7 Å². The number of nitrogens with one attached hydrogen (secondary N) is 4. The fourth-order valence-electron chi connectivity index (χ4n) is 17.0. The Hall–Kier alpha value is -7.92. The van der Waals surface area contributed by atoms with Gasteiger partial charge in [-0.3, -0.25) is 29.1 Å². The van der Waals surface area contributed by atoms with E-state index >= 15 is 0 Å². The van der Waals surface area contributed by atoms with E-state index in [9.17, 15) is 37.1 Å². The Kier molecular flexibility index (Phi) is 24.3. The summed E-state index contributed by atoms with van der Waals surface area (Å²) in [6.07, 6.45) is 24.1. The molecule has 0 aromatic heterocycles. The van der Waals surface area contributed by atoms with Crippen molar-refractivity contribution in [2.24, 2.45) is 61.8 Å². The zero-order valence-corrected chi connectivity index (χ0v) is 59.6. The van der Waals surface area contributed by atoms with Crippen LogP contribution in [0.25, 0.3) is 11.1 Å². The Morgan fingerprint density at radius 3 is 1.60 bits per heavy atom. The standard InChI is InChI=1S/C27H38F3N5O2.C27H41N5O3.C23H24ClN3O2/c1-35-23(36)26(34-24(35)31,14-13-18-7-3-2-4-8-18)17-19-9-5-11-21(15-19)32-25(37)33-22-12-6-10-20(16-22)27(28,29)30;1-32-24(33)27(31-25(32)28,16-15-19-7-4-3-5-8-19)18-20-9-6-10-22(17-20)30-26(34)29-21-11-13-23(35-2)14-12-21;24-19-7-2-5-16(13-19)15-4-1-6-18(12-15)23(17-9-10-17)21(28)27(22(25)26-23)14-20-8-3-11-29-20/h6,10,12,16,18-19,21H,2-5,7-9,11,13-15,17H2,1H3,(H2,31,34)(H2,32,33,37);11-14,19-20,22H,3-10,15-18H2,1-2H3,(H2,28,31)(H2,29,30,34);1-2,4-7,12-13,17,20H,3,8-11,14H2,(H2,25,26)/t19-,21+,26+;20-,22+,27+;/m00./s1. The molecule has 4 heterocycles. The molecule has 8 atom stereocenters. The van der Waals surface area contributed by atoms with Gasteiger partial charge in [-0.25, -0.2) is 24.6 Å². The number of amides is 7. The predicted molar refractivity (Wildman–Crippen MR) is 389 cm³/mol. The molecule has 24 heteroatoms. The number of carbonyl (C=O) groups excluding carboxylic acids is 5. The lowest BCUT2D eigenvalue weighted by atomic mass is 9.74. The molecule has 4 aromatic carbocycles. The fraction of sp³-hybridized carbons (Fsp3) is 0.584. The fourth-order valence-corrected chi connectivity index (χ4v) is 17.2. The molecule has 7 amide bonds. The number of urea groups is 2. The summed E-state index contributed by atoms with van der Waals surface area (Å²) >= 11 is 6.18. The number of aliphatic imine (C=N–C) groups is 3. The van der Waals surface area contributed by atoms with E-state index in [0.717, 1.165) is 137 Å². The average Bonchev–Trinajstić information content (AvgIpc) is 1.56. The molecule has 2 unspecified atom stereocenters. The minimum Gasteiger partial charge on any atom is -0.497 e. The first-order valence-corrected chi connectivity index (χ1v) is 37.3. The summed E-state index contributed by atoms with van der Waals surface area (Å²) in [5, 5.41) is 12.2. The molecule has 4 aliphatic heterocycles. The van der Waals surface area contributed by atoms with E-state index in [1.54, 1.807) is 26.1 Å². The maximum atomic E-state index is 13.7. The van der Waals surface area contributed by atoms with E-state index < -0.39 is 34.4 Å². The quantitative estimate of drug-likeness (QED) is 0.0439. The second-order valence-corrected chi connectivity index (χ2v) is 30.3. The van der Waals surface area contributed by atoms with Gasteiger partial charge in [0.15, 0.2) is 23.4 Å². The first-order valence-electron chi connectivity index (χ1n) is 36.9. The molecule has 0 radical (unpaired) electrons. The molecular formula is C77H103ClF3N13O7.